The van der Waals surface area contributed by atoms with Gasteiger partial charge in [0.25, 0.3) is 5.60 Å². The minimum atomic E-state index is -5.99. The van der Waals surface area contributed by atoms with E-state index in [2.05, 4.69) is 35.8 Å². The van der Waals surface area contributed by atoms with E-state index < -0.39 is 123 Å². The largest absolute Gasteiger partial charge is 0.573 e. The summed E-state index contributed by atoms with van der Waals surface area (Å²) in [6, 6.07) is 6.91. The molecule has 0 bridgehead atoms. The lowest BCUT2D eigenvalue weighted by atomic mass is 9.80. The van der Waals surface area contributed by atoms with Crippen LogP contribution in [0.4, 0.5) is 110 Å². The maximum Gasteiger partial charge on any atom is 0.573 e. The SMILES string of the molecule is C=C(C)c1c(F)c(F)c(F)c(F)c1F.C=C(C)c1cc(C)c(OC(C)(C(F)(F)F)C(F)(F)F)c(C(F)(F)F)c1.C=C(C)c1cc(F)c(OC(F)(F)F)c(F)c1.C=C(C)c1ccc(C(C)(C(F)(F)F)C(F)(F)F)cc1. The Kier molecular flexibility index (Phi) is 20.5. The first-order valence-electron chi connectivity index (χ1n) is 19.6. The van der Waals surface area contributed by atoms with Gasteiger partial charge < -0.3 is 9.47 Å². The second-order valence-corrected chi connectivity index (χ2v) is 15.9. The molecule has 0 N–H and O–H groups in total. The fourth-order valence-electron chi connectivity index (χ4n) is 5.42. The molecule has 0 saturated carbocycles. The van der Waals surface area contributed by atoms with Crippen molar-refractivity contribution in [1.29, 1.82) is 0 Å². The van der Waals surface area contributed by atoms with Crippen LogP contribution in [-0.4, -0.2) is 36.7 Å². The highest BCUT2D eigenvalue weighted by atomic mass is 19.4. The number of benzene rings is 4. The molecule has 27 heteroatoms. The minimum Gasteiger partial charge on any atom is -0.468 e. The van der Waals surface area contributed by atoms with Crippen LogP contribution in [0.5, 0.6) is 11.5 Å². The van der Waals surface area contributed by atoms with Gasteiger partial charge >= 0.3 is 37.2 Å². The van der Waals surface area contributed by atoms with Crippen molar-refractivity contribution in [2.75, 3.05) is 0 Å². The van der Waals surface area contributed by atoms with Crippen LogP contribution in [0.15, 0.2) is 74.8 Å². The lowest BCUT2D eigenvalue weighted by molar-refractivity contribution is -0.350. The van der Waals surface area contributed by atoms with Gasteiger partial charge in [0.1, 0.15) is 5.75 Å². The van der Waals surface area contributed by atoms with Gasteiger partial charge in [0.15, 0.2) is 40.3 Å². The first-order valence-corrected chi connectivity index (χ1v) is 19.6. The zero-order chi connectivity index (χ0) is 58.6. The number of rotatable bonds is 8. The molecule has 2 nitrogen and oxygen atoms in total. The second kappa shape index (κ2) is 23.1. The molecule has 0 heterocycles. The van der Waals surface area contributed by atoms with E-state index in [1.807, 2.05) is 0 Å². The zero-order valence-electron chi connectivity index (χ0n) is 38.7. The van der Waals surface area contributed by atoms with Gasteiger partial charge in [-0.25, -0.2) is 30.7 Å². The maximum atomic E-state index is 13.2. The number of hydrogen-bond donors (Lipinski definition) is 0. The van der Waals surface area contributed by atoms with Crippen LogP contribution in [0.25, 0.3) is 22.3 Å². The summed E-state index contributed by atoms with van der Waals surface area (Å²) in [6.07, 6.45) is -33.2. The van der Waals surface area contributed by atoms with Gasteiger partial charge in [-0.15, -0.1) is 13.2 Å². The molecule has 0 radical (unpaired) electrons. The Morgan fingerprint density at radius 1 is 0.419 bits per heavy atom. The van der Waals surface area contributed by atoms with Crippen LogP contribution >= 0.6 is 0 Å². The van der Waals surface area contributed by atoms with E-state index in [9.17, 15) is 110 Å². The van der Waals surface area contributed by atoms with Crippen molar-refractivity contribution in [1.82, 2.24) is 0 Å². The molecule has 0 unspecified atom stereocenters. The van der Waals surface area contributed by atoms with Crippen LogP contribution in [0.2, 0.25) is 0 Å². The van der Waals surface area contributed by atoms with Gasteiger partial charge in [0.2, 0.25) is 11.6 Å². The van der Waals surface area contributed by atoms with E-state index in [0.717, 1.165) is 44.2 Å². The molecule has 4 aromatic carbocycles. The van der Waals surface area contributed by atoms with Crippen LogP contribution in [0.1, 0.15) is 80.5 Å². The number of aryl methyl sites for hydroxylation is 1. The molecule has 4 rings (SSSR count). The van der Waals surface area contributed by atoms with Gasteiger partial charge in [-0.05, 0) is 106 Å². The Balaban J connectivity index is 0.000000505. The van der Waals surface area contributed by atoms with Gasteiger partial charge in [0.05, 0.1) is 11.1 Å². The van der Waals surface area contributed by atoms with Crippen LogP contribution < -0.4 is 9.47 Å². The molecule has 0 fully saturated rings. The molecule has 0 aromatic heterocycles. The molecule has 0 aliphatic heterocycles. The van der Waals surface area contributed by atoms with Crippen LogP contribution in [0, 0.1) is 47.6 Å². The third-order valence-electron chi connectivity index (χ3n) is 9.90. The molecular formula is C47H37F25O2. The van der Waals surface area contributed by atoms with Crippen molar-refractivity contribution < 1.29 is 119 Å². The summed E-state index contributed by atoms with van der Waals surface area (Å²) >= 11 is 0. The minimum absolute atomic E-state index is 0.0736. The summed E-state index contributed by atoms with van der Waals surface area (Å²) in [5.74, 6) is -15.6. The number of alkyl halides is 18. The fraction of sp³-hybridized carbons (Fsp3) is 0.319. The molecule has 0 aliphatic rings. The third-order valence-corrected chi connectivity index (χ3v) is 9.90. The Hall–Kier alpha value is -6.31. The number of allylic oxidation sites excluding steroid dienone is 4. The highest BCUT2D eigenvalue weighted by molar-refractivity contribution is 5.66. The van der Waals surface area contributed by atoms with E-state index in [1.54, 1.807) is 6.92 Å². The molecule has 74 heavy (non-hydrogen) atoms. The van der Waals surface area contributed by atoms with Gasteiger partial charge in [0, 0.05) is 0 Å². The summed E-state index contributed by atoms with van der Waals surface area (Å²) in [4.78, 5) is 0. The number of halogens is 25. The summed E-state index contributed by atoms with van der Waals surface area (Å²) in [5.41, 5.74) is -11.5. The average Bonchev–Trinajstić information content (AvgIpc) is 3.21. The van der Waals surface area contributed by atoms with Gasteiger partial charge in [-0.3, -0.25) is 0 Å². The molecule has 0 atom stereocenters. The third kappa shape index (κ3) is 15.4. The first-order chi connectivity index (χ1) is 32.9. The maximum absolute atomic E-state index is 13.2. The highest BCUT2D eigenvalue weighted by Gasteiger charge is 2.71. The Morgan fingerprint density at radius 2 is 0.770 bits per heavy atom. The zero-order valence-corrected chi connectivity index (χ0v) is 38.7. The molecular weight excluding hydrogens is 1070 g/mol. The van der Waals surface area contributed by atoms with E-state index in [4.69, 9.17) is 0 Å². The topological polar surface area (TPSA) is 18.5 Å². The molecule has 412 valence electrons. The van der Waals surface area contributed by atoms with E-state index >= 15 is 0 Å². The lowest BCUT2D eigenvalue weighted by Gasteiger charge is -2.35. The normalized spacial score (nSPS) is 12.5. The van der Waals surface area contributed by atoms with Crippen molar-refractivity contribution in [2.45, 2.75) is 96.7 Å². The van der Waals surface area contributed by atoms with Crippen molar-refractivity contribution in [3.8, 4) is 11.5 Å². The summed E-state index contributed by atoms with van der Waals surface area (Å²) < 4.78 is 326. The van der Waals surface area contributed by atoms with E-state index in [1.165, 1.54) is 26.0 Å². The van der Waals surface area contributed by atoms with Crippen LogP contribution in [-0.2, 0) is 11.6 Å². The Bertz CT molecular complexity index is 2610. The summed E-state index contributed by atoms with van der Waals surface area (Å²) in [7, 11) is 0. The van der Waals surface area contributed by atoms with Gasteiger partial charge in [-0.1, -0.05) is 67.3 Å². The lowest BCUT2D eigenvalue weighted by Crippen LogP contribution is -2.59. The Morgan fingerprint density at radius 3 is 1.07 bits per heavy atom. The van der Waals surface area contributed by atoms with Gasteiger partial charge in [-0.2, -0.15) is 65.9 Å². The van der Waals surface area contributed by atoms with Crippen molar-refractivity contribution in [3.63, 3.8) is 0 Å². The average molecular weight is 1110 g/mol. The standard InChI is InChI=1S/C15H13F9O.C13H12F6.C10H7F5O.C9H5F5/c1-7(2)9-5-8(3)11(10(6-9)13(16,17)18)25-12(4,14(19,20)21)15(22,23)24;1-8(2)9-4-6-10(7-5-9)11(3,12(14,15)16)13(17,18)19;1-5(2)6-3-7(11)9(8(12)4-6)16-10(13,14)15;1-3(2)4-5(10)7(12)9(14)8(13)6(4)11/h5-6H,1H2,2-4H3;4-7H,1H2,2-3H3;3-4H,1H2,2H3;1H2,2H3. The van der Waals surface area contributed by atoms with Crippen molar-refractivity contribution in [3.05, 3.63) is 155 Å². The smallest absolute Gasteiger partial charge is 0.468 e. The molecule has 0 saturated heterocycles. The first kappa shape index (κ1) is 65.7. The van der Waals surface area contributed by atoms with Crippen LogP contribution in [0.3, 0.4) is 0 Å². The number of ether oxygens (including phenoxy) is 2. The monoisotopic (exact) mass is 1110 g/mol. The second-order valence-electron chi connectivity index (χ2n) is 15.9. The Labute approximate surface area is 404 Å². The summed E-state index contributed by atoms with van der Waals surface area (Å²) in [5, 5.41) is 0. The van der Waals surface area contributed by atoms with Crippen molar-refractivity contribution >= 4 is 22.3 Å². The predicted molar refractivity (Wildman–Crippen MR) is 221 cm³/mol. The van der Waals surface area contributed by atoms with Crippen molar-refractivity contribution in [2.24, 2.45) is 0 Å². The van der Waals surface area contributed by atoms with E-state index in [0.29, 0.717) is 22.8 Å². The predicted octanol–water partition coefficient (Wildman–Crippen LogP) is 18.7. The summed E-state index contributed by atoms with van der Waals surface area (Å²) in [6.45, 7) is 19.8. The molecule has 0 aliphatic carbocycles. The molecule has 0 spiro atoms. The van der Waals surface area contributed by atoms with E-state index in [-0.39, 0.29) is 36.1 Å². The molecule has 4 aromatic rings. The quantitative estimate of drug-likeness (QED) is 0.0995. The highest BCUT2D eigenvalue weighted by Crippen LogP contribution is 2.52. The number of hydrogen-bond acceptors (Lipinski definition) is 2. The molecule has 0 amide bonds. The fourth-order valence-corrected chi connectivity index (χ4v) is 5.42.